The fraction of sp³-hybridized carbons (Fsp3) is 0.250. The zero-order valence-electron chi connectivity index (χ0n) is 11.5. The minimum absolute atomic E-state index is 0.0123. The van der Waals surface area contributed by atoms with Crippen LogP contribution in [0, 0.1) is 0 Å². The van der Waals surface area contributed by atoms with Gasteiger partial charge in [0.1, 0.15) is 0 Å². The van der Waals surface area contributed by atoms with Crippen LogP contribution in [0.15, 0.2) is 53.7 Å². The Balaban J connectivity index is 1.91. The molecule has 3 rings (SSSR count). The van der Waals surface area contributed by atoms with E-state index in [4.69, 9.17) is 16.6 Å². The first-order valence-corrected chi connectivity index (χ1v) is 8.28. The van der Waals surface area contributed by atoms with Crippen molar-refractivity contribution in [3.63, 3.8) is 0 Å². The summed E-state index contributed by atoms with van der Waals surface area (Å²) in [5.41, 5.74) is 2.07. The second-order valence-corrected chi connectivity index (χ2v) is 6.26. The molecule has 1 aromatic carbocycles. The summed E-state index contributed by atoms with van der Waals surface area (Å²) in [6, 6.07) is 13.8. The van der Waals surface area contributed by atoms with Gasteiger partial charge in [0.2, 0.25) is 0 Å². The van der Waals surface area contributed by atoms with E-state index in [1.54, 1.807) is 11.8 Å². The Morgan fingerprint density at radius 1 is 1.24 bits per heavy atom. The van der Waals surface area contributed by atoms with E-state index >= 15 is 0 Å². The number of aromatic nitrogens is 1. The summed E-state index contributed by atoms with van der Waals surface area (Å²) < 4.78 is 0. The average molecular weight is 318 g/mol. The van der Waals surface area contributed by atoms with E-state index in [1.807, 2.05) is 48.7 Å². The molecule has 3 nitrogen and oxygen atoms in total. The van der Waals surface area contributed by atoms with E-state index < -0.39 is 0 Å². The van der Waals surface area contributed by atoms with Crippen molar-refractivity contribution in [1.82, 2.24) is 10.3 Å². The minimum Gasteiger partial charge on any atom is -0.364 e. The maximum absolute atomic E-state index is 6.35. The number of hydrogen-bond acceptors (Lipinski definition) is 3. The molecule has 2 heterocycles. The topological polar surface area (TPSA) is 37.3 Å². The Labute approximate surface area is 133 Å². The number of nitrogens with zero attached hydrogens (tertiary/aromatic N) is 2. The molecule has 1 aliphatic heterocycles. The molecule has 1 fully saturated rings. The number of halogens is 1. The Morgan fingerprint density at radius 3 is 2.81 bits per heavy atom. The largest absolute Gasteiger partial charge is 0.364 e. The van der Waals surface area contributed by atoms with E-state index in [0.29, 0.717) is 0 Å². The molecule has 1 aliphatic rings. The minimum atomic E-state index is -0.0123. The molecular weight excluding hydrogens is 302 g/mol. The van der Waals surface area contributed by atoms with Gasteiger partial charge in [0.15, 0.2) is 5.17 Å². The van der Waals surface area contributed by atoms with Crippen LogP contribution in [0.4, 0.5) is 0 Å². The van der Waals surface area contributed by atoms with Crippen LogP contribution in [0.25, 0.3) is 0 Å². The van der Waals surface area contributed by atoms with Crippen molar-refractivity contribution in [3.8, 4) is 0 Å². The number of amidine groups is 1. The van der Waals surface area contributed by atoms with Crippen LogP contribution in [-0.4, -0.2) is 22.4 Å². The van der Waals surface area contributed by atoms with Crippen LogP contribution in [-0.2, 0) is 6.42 Å². The summed E-state index contributed by atoms with van der Waals surface area (Å²) in [7, 11) is 0. The molecule has 1 N–H and O–H groups in total. The summed E-state index contributed by atoms with van der Waals surface area (Å²) in [6.45, 7) is 0.975. The number of thioether (sulfide) groups is 1. The van der Waals surface area contributed by atoms with Crippen molar-refractivity contribution in [2.24, 2.45) is 4.99 Å². The van der Waals surface area contributed by atoms with Crippen molar-refractivity contribution in [2.45, 2.75) is 12.5 Å². The van der Waals surface area contributed by atoms with Gasteiger partial charge in [-0.15, -0.1) is 0 Å². The SMILES string of the molecule is Clc1ccccc1C(Cc1ccccn1)/N=C1/NCCS1. The third kappa shape index (κ3) is 3.77. The fourth-order valence-electron chi connectivity index (χ4n) is 2.27. The monoisotopic (exact) mass is 317 g/mol. The van der Waals surface area contributed by atoms with Crippen molar-refractivity contribution in [3.05, 3.63) is 64.9 Å². The van der Waals surface area contributed by atoms with E-state index in [2.05, 4.69) is 10.3 Å². The second kappa shape index (κ2) is 6.96. The van der Waals surface area contributed by atoms with E-state index in [-0.39, 0.29) is 6.04 Å². The van der Waals surface area contributed by atoms with Gasteiger partial charge >= 0.3 is 0 Å². The van der Waals surface area contributed by atoms with E-state index in [1.165, 1.54) is 0 Å². The normalized spacial score (nSPS) is 17.7. The third-order valence-corrected chi connectivity index (χ3v) is 4.56. The van der Waals surface area contributed by atoms with Gasteiger partial charge in [-0.3, -0.25) is 9.98 Å². The highest BCUT2D eigenvalue weighted by atomic mass is 35.5. The van der Waals surface area contributed by atoms with Crippen molar-refractivity contribution >= 4 is 28.5 Å². The summed E-state index contributed by atoms with van der Waals surface area (Å²) >= 11 is 8.11. The smallest absolute Gasteiger partial charge is 0.157 e. The summed E-state index contributed by atoms with van der Waals surface area (Å²) in [4.78, 5) is 9.25. The van der Waals surface area contributed by atoms with Crippen LogP contribution in [0.5, 0.6) is 0 Å². The molecule has 0 bridgehead atoms. The highest BCUT2D eigenvalue weighted by Crippen LogP contribution is 2.29. The standard InChI is InChI=1S/C16H16ClN3S/c17-14-7-2-1-6-13(14)15(20-16-19-9-10-21-16)11-12-5-3-4-8-18-12/h1-8,15H,9-11H2,(H,19,20). The molecule has 108 valence electrons. The summed E-state index contributed by atoms with van der Waals surface area (Å²) in [5, 5.41) is 5.06. The molecule has 0 amide bonds. The average Bonchev–Trinajstić information content (AvgIpc) is 3.01. The maximum atomic E-state index is 6.35. The molecule has 1 atom stereocenters. The lowest BCUT2D eigenvalue weighted by atomic mass is 10.0. The highest BCUT2D eigenvalue weighted by molar-refractivity contribution is 8.14. The van der Waals surface area contributed by atoms with Crippen LogP contribution in [0.2, 0.25) is 5.02 Å². The molecule has 0 saturated carbocycles. The van der Waals surface area contributed by atoms with Crippen LogP contribution < -0.4 is 5.32 Å². The van der Waals surface area contributed by atoms with Crippen LogP contribution in [0.1, 0.15) is 17.3 Å². The van der Waals surface area contributed by atoms with E-state index in [9.17, 15) is 0 Å². The second-order valence-electron chi connectivity index (χ2n) is 4.77. The predicted molar refractivity (Wildman–Crippen MR) is 90.0 cm³/mol. The first-order chi connectivity index (χ1) is 10.3. The lowest BCUT2D eigenvalue weighted by Gasteiger charge is -2.15. The fourth-order valence-corrected chi connectivity index (χ4v) is 3.33. The van der Waals surface area contributed by atoms with Gasteiger partial charge in [-0.05, 0) is 23.8 Å². The van der Waals surface area contributed by atoms with Gasteiger partial charge in [-0.25, -0.2) is 0 Å². The first kappa shape index (κ1) is 14.4. The van der Waals surface area contributed by atoms with E-state index in [0.717, 1.165) is 40.2 Å². The van der Waals surface area contributed by atoms with Gasteiger partial charge in [-0.2, -0.15) is 0 Å². The van der Waals surface area contributed by atoms with Crippen molar-refractivity contribution in [1.29, 1.82) is 0 Å². The molecular formula is C16H16ClN3S. The van der Waals surface area contributed by atoms with Gasteiger partial charge in [0.05, 0.1) is 6.04 Å². The molecule has 21 heavy (non-hydrogen) atoms. The molecule has 0 radical (unpaired) electrons. The number of aliphatic imine (C=N–C) groups is 1. The van der Waals surface area contributed by atoms with Crippen molar-refractivity contribution < 1.29 is 0 Å². The molecule has 2 aromatic rings. The highest BCUT2D eigenvalue weighted by Gasteiger charge is 2.18. The zero-order chi connectivity index (χ0) is 14.5. The van der Waals surface area contributed by atoms with Crippen LogP contribution >= 0.6 is 23.4 Å². The van der Waals surface area contributed by atoms with Gasteiger partial charge in [0, 0.05) is 35.6 Å². The maximum Gasteiger partial charge on any atom is 0.157 e. The zero-order valence-corrected chi connectivity index (χ0v) is 13.1. The number of hydrogen-bond donors (Lipinski definition) is 1. The Hall–Kier alpha value is -1.52. The van der Waals surface area contributed by atoms with Gasteiger partial charge < -0.3 is 5.32 Å². The molecule has 0 spiro atoms. The first-order valence-electron chi connectivity index (χ1n) is 6.92. The Bertz CT molecular complexity index is 622. The van der Waals surface area contributed by atoms with Crippen LogP contribution in [0.3, 0.4) is 0 Å². The number of benzene rings is 1. The number of pyridine rings is 1. The predicted octanol–water partition coefficient (Wildman–Crippen LogP) is 3.71. The Kier molecular flexibility index (Phi) is 4.78. The molecule has 1 saturated heterocycles. The molecule has 1 unspecified atom stereocenters. The number of nitrogens with one attached hydrogen (secondary N) is 1. The third-order valence-electron chi connectivity index (χ3n) is 3.28. The van der Waals surface area contributed by atoms with Gasteiger partial charge in [-0.1, -0.05) is 47.6 Å². The summed E-state index contributed by atoms with van der Waals surface area (Å²) in [5.74, 6) is 1.07. The summed E-state index contributed by atoms with van der Waals surface area (Å²) in [6.07, 6.45) is 2.56. The Morgan fingerprint density at radius 2 is 2.10 bits per heavy atom. The lowest BCUT2D eigenvalue weighted by molar-refractivity contribution is 0.707. The molecule has 5 heteroatoms. The van der Waals surface area contributed by atoms with Gasteiger partial charge in [0.25, 0.3) is 0 Å². The molecule has 0 aliphatic carbocycles. The van der Waals surface area contributed by atoms with Crippen molar-refractivity contribution in [2.75, 3.05) is 12.3 Å². The quantitative estimate of drug-likeness (QED) is 0.934. The lowest BCUT2D eigenvalue weighted by Crippen LogP contribution is -2.15. The number of rotatable bonds is 4. The molecule has 1 aromatic heterocycles.